The molecule has 0 heterocycles. The van der Waals surface area contributed by atoms with Gasteiger partial charge in [-0.2, -0.15) is 11.8 Å². The second kappa shape index (κ2) is 9.61. The Morgan fingerprint density at radius 1 is 1.40 bits per heavy atom. The molecule has 2 N–H and O–H groups in total. The summed E-state index contributed by atoms with van der Waals surface area (Å²) < 4.78 is 0. The van der Waals surface area contributed by atoms with Crippen molar-refractivity contribution in [3.05, 3.63) is 42.0 Å². The fraction of sp³-hybridized carbons (Fsp3) is 0.438. The summed E-state index contributed by atoms with van der Waals surface area (Å²) in [5.41, 5.74) is 1.14. The molecule has 0 fully saturated rings. The lowest BCUT2D eigenvalue weighted by Crippen LogP contribution is -2.41. The van der Waals surface area contributed by atoms with Gasteiger partial charge in [-0.15, -0.1) is 0 Å². The van der Waals surface area contributed by atoms with Crippen molar-refractivity contribution in [1.82, 2.24) is 5.32 Å². The molecule has 0 saturated heterocycles. The molecule has 0 saturated carbocycles. The molecule has 2 atom stereocenters. The Morgan fingerprint density at radius 3 is 2.70 bits per heavy atom. The Kier molecular flexibility index (Phi) is 8.07. The van der Waals surface area contributed by atoms with Crippen molar-refractivity contribution in [3.63, 3.8) is 0 Å². The summed E-state index contributed by atoms with van der Waals surface area (Å²) >= 11 is 1.57. The molecule has 0 spiro atoms. The van der Waals surface area contributed by atoms with E-state index in [0.717, 1.165) is 12.0 Å². The molecule has 2 unspecified atom stereocenters. The van der Waals surface area contributed by atoms with Crippen LogP contribution >= 0.6 is 11.8 Å². The minimum absolute atomic E-state index is 0.0133. The summed E-state index contributed by atoms with van der Waals surface area (Å²) in [6.45, 7) is 2.01. The lowest BCUT2D eigenvalue weighted by atomic mass is 10.1. The molecule has 0 aliphatic heterocycles. The molecule has 1 rings (SSSR count). The van der Waals surface area contributed by atoms with Gasteiger partial charge in [0.2, 0.25) is 5.91 Å². The van der Waals surface area contributed by atoms with Gasteiger partial charge in [-0.25, -0.2) is 0 Å². The van der Waals surface area contributed by atoms with E-state index in [4.69, 9.17) is 5.11 Å². The van der Waals surface area contributed by atoms with Gasteiger partial charge >= 0.3 is 0 Å². The zero-order valence-corrected chi connectivity index (χ0v) is 12.9. The monoisotopic (exact) mass is 293 g/mol. The van der Waals surface area contributed by atoms with Crippen molar-refractivity contribution in [2.75, 3.05) is 12.9 Å². The van der Waals surface area contributed by atoms with Gasteiger partial charge in [-0.1, -0.05) is 42.5 Å². The summed E-state index contributed by atoms with van der Waals surface area (Å²) in [5.74, 6) is 0.0303. The van der Waals surface area contributed by atoms with Gasteiger partial charge in [0.1, 0.15) is 0 Å². The third kappa shape index (κ3) is 6.26. The number of rotatable bonds is 8. The van der Waals surface area contributed by atoms with Gasteiger partial charge in [0, 0.05) is 17.7 Å². The molecule has 110 valence electrons. The predicted octanol–water partition coefficient (Wildman–Crippen LogP) is 2.71. The van der Waals surface area contributed by atoms with Crippen molar-refractivity contribution in [1.29, 1.82) is 0 Å². The highest BCUT2D eigenvalue weighted by atomic mass is 32.2. The highest BCUT2D eigenvalue weighted by Gasteiger charge is 2.16. The number of carbonyl (C=O) groups is 1. The van der Waals surface area contributed by atoms with Gasteiger partial charge in [-0.05, 0) is 25.2 Å². The van der Waals surface area contributed by atoms with E-state index in [1.54, 1.807) is 11.8 Å². The molecule has 1 amide bonds. The first kappa shape index (κ1) is 16.8. The highest BCUT2D eigenvalue weighted by molar-refractivity contribution is 7.99. The zero-order chi connectivity index (χ0) is 14.8. The quantitative estimate of drug-likeness (QED) is 0.775. The molecule has 0 aromatic heterocycles. The number of allylic oxidation sites excluding steroid dienone is 1. The Hall–Kier alpha value is -1.26. The second-order valence-corrected chi connectivity index (χ2v) is 5.74. The van der Waals surface area contributed by atoms with Crippen LogP contribution in [0.2, 0.25) is 0 Å². The molecule has 0 aliphatic rings. The molecule has 4 heteroatoms. The van der Waals surface area contributed by atoms with Crippen LogP contribution in [0.15, 0.2) is 36.4 Å². The number of nitrogens with one attached hydrogen (secondary N) is 1. The minimum atomic E-state index is -0.0133. The number of aliphatic hydroxyl groups is 1. The maximum absolute atomic E-state index is 11.8. The molecular formula is C16H23NO2S. The number of hydrogen-bond donors (Lipinski definition) is 2. The number of hydrogen-bond acceptors (Lipinski definition) is 3. The SMILES string of the molecule is CSC(CO)C(C)NC(=O)CC/C=C/c1ccccc1. The third-order valence-electron chi connectivity index (χ3n) is 3.08. The first-order valence-corrected chi connectivity index (χ1v) is 8.10. The number of carbonyl (C=O) groups excluding carboxylic acids is 1. The van der Waals surface area contributed by atoms with Crippen molar-refractivity contribution < 1.29 is 9.90 Å². The number of benzene rings is 1. The topological polar surface area (TPSA) is 49.3 Å². The second-order valence-electron chi connectivity index (χ2n) is 4.66. The van der Waals surface area contributed by atoms with Gasteiger partial charge in [0.15, 0.2) is 0 Å². The Bertz CT molecular complexity index is 416. The maximum Gasteiger partial charge on any atom is 0.220 e. The fourth-order valence-electron chi connectivity index (χ4n) is 1.85. The Labute approximate surface area is 125 Å². The smallest absolute Gasteiger partial charge is 0.220 e. The van der Waals surface area contributed by atoms with E-state index in [1.165, 1.54) is 0 Å². The standard InChI is InChI=1S/C16H23NO2S/c1-13(15(12-18)20-2)17-16(19)11-7-6-10-14-8-4-3-5-9-14/h3-6,8-10,13,15,18H,7,11-12H2,1-2H3,(H,17,19)/b10-6+. The van der Waals surface area contributed by atoms with Gasteiger partial charge < -0.3 is 10.4 Å². The van der Waals surface area contributed by atoms with Gasteiger partial charge in [0.25, 0.3) is 0 Å². The van der Waals surface area contributed by atoms with Crippen LogP contribution in [0.1, 0.15) is 25.3 Å². The van der Waals surface area contributed by atoms with E-state index in [1.807, 2.05) is 55.7 Å². The third-order valence-corrected chi connectivity index (χ3v) is 4.24. The summed E-state index contributed by atoms with van der Waals surface area (Å²) in [5, 5.41) is 12.1. The number of amides is 1. The average molecular weight is 293 g/mol. The summed E-state index contributed by atoms with van der Waals surface area (Å²) in [6, 6.07) is 10.0. The summed E-state index contributed by atoms with van der Waals surface area (Å²) in [4.78, 5) is 11.8. The van der Waals surface area contributed by atoms with E-state index < -0.39 is 0 Å². The van der Waals surface area contributed by atoms with Crippen molar-refractivity contribution in [2.24, 2.45) is 0 Å². The van der Waals surface area contributed by atoms with E-state index in [2.05, 4.69) is 5.32 Å². The van der Waals surface area contributed by atoms with E-state index in [0.29, 0.717) is 6.42 Å². The first-order chi connectivity index (χ1) is 9.67. The Balaban J connectivity index is 2.28. The van der Waals surface area contributed by atoms with Crippen LogP contribution in [0.25, 0.3) is 6.08 Å². The summed E-state index contributed by atoms with van der Waals surface area (Å²) in [6.07, 6.45) is 7.16. The molecule has 0 aliphatic carbocycles. The molecule has 0 radical (unpaired) electrons. The minimum Gasteiger partial charge on any atom is -0.395 e. The van der Waals surface area contributed by atoms with E-state index in [9.17, 15) is 4.79 Å². The maximum atomic E-state index is 11.8. The van der Waals surface area contributed by atoms with Crippen LogP contribution in [-0.2, 0) is 4.79 Å². The van der Waals surface area contributed by atoms with Crippen LogP contribution in [0, 0.1) is 0 Å². The molecular weight excluding hydrogens is 270 g/mol. The fourth-order valence-corrected chi connectivity index (χ4v) is 2.48. The normalized spacial score (nSPS) is 14.2. The zero-order valence-electron chi connectivity index (χ0n) is 12.1. The van der Waals surface area contributed by atoms with Crippen molar-refractivity contribution in [3.8, 4) is 0 Å². The lowest BCUT2D eigenvalue weighted by molar-refractivity contribution is -0.121. The largest absolute Gasteiger partial charge is 0.395 e. The number of aliphatic hydroxyl groups excluding tert-OH is 1. The molecule has 3 nitrogen and oxygen atoms in total. The van der Waals surface area contributed by atoms with Crippen LogP contribution in [0.5, 0.6) is 0 Å². The van der Waals surface area contributed by atoms with Crippen LogP contribution < -0.4 is 5.32 Å². The van der Waals surface area contributed by atoms with Gasteiger partial charge in [-0.3, -0.25) is 4.79 Å². The average Bonchev–Trinajstić information content (AvgIpc) is 2.46. The van der Waals surface area contributed by atoms with E-state index in [-0.39, 0.29) is 23.8 Å². The van der Waals surface area contributed by atoms with Crippen LogP contribution in [0.4, 0.5) is 0 Å². The Morgan fingerprint density at radius 2 is 2.10 bits per heavy atom. The number of thioether (sulfide) groups is 1. The molecule has 0 bridgehead atoms. The van der Waals surface area contributed by atoms with Crippen LogP contribution in [0.3, 0.4) is 0 Å². The lowest BCUT2D eigenvalue weighted by Gasteiger charge is -2.21. The van der Waals surface area contributed by atoms with Crippen LogP contribution in [-0.4, -0.2) is 35.2 Å². The first-order valence-electron chi connectivity index (χ1n) is 6.82. The molecule has 1 aromatic carbocycles. The van der Waals surface area contributed by atoms with Gasteiger partial charge in [0.05, 0.1) is 6.61 Å². The van der Waals surface area contributed by atoms with Crippen molar-refractivity contribution in [2.45, 2.75) is 31.1 Å². The molecule has 1 aromatic rings. The predicted molar refractivity (Wildman–Crippen MR) is 86.7 cm³/mol. The summed E-state index contributed by atoms with van der Waals surface area (Å²) in [7, 11) is 0. The molecule has 20 heavy (non-hydrogen) atoms. The highest BCUT2D eigenvalue weighted by Crippen LogP contribution is 2.10. The van der Waals surface area contributed by atoms with E-state index >= 15 is 0 Å². The van der Waals surface area contributed by atoms with Crippen molar-refractivity contribution >= 4 is 23.7 Å².